The van der Waals surface area contributed by atoms with E-state index in [1.54, 1.807) is 6.08 Å². The molecule has 0 amide bonds. The molecule has 25 heavy (non-hydrogen) atoms. The maximum atomic E-state index is 11.8. The molecule has 0 spiro atoms. The summed E-state index contributed by atoms with van der Waals surface area (Å²) in [5.74, 6) is 0.688. The first-order valence-corrected chi connectivity index (χ1v) is 9.93. The summed E-state index contributed by atoms with van der Waals surface area (Å²) in [6.45, 7) is 9.04. The first-order valence-electron chi connectivity index (χ1n) is 9.93. The number of nitrogens with zero attached hydrogens (tertiary/aromatic N) is 1. The molecule has 0 aromatic carbocycles. The molecule has 1 aliphatic carbocycles. The Morgan fingerprint density at radius 1 is 1.28 bits per heavy atom. The Morgan fingerprint density at radius 2 is 2.00 bits per heavy atom. The molecule has 0 heterocycles. The lowest BCUT2D eigenvalue weighted by molar-refractivity contribution is -0.0100. The molecule has 1 saturated carbocycles. The van der Waals surface area contributed by atoms with Gasteiger partial charge in [-0.2, -0.15) is 0 Å². The molecule has 1 N–H and O–H groups in total. The first kappa shape index (κ1) is 21.9. The molecule has 0 radical (unpaired) electrons. The topological polar surface area (TPSA) is 23.5 Å². The van der Waals surface area contributed by atoms with E-state index in [9.17, 15) is 5.11 Å². The minimum atomic E-state index is -0.742. The number of allylic oxidation sites excluding steroid dienone is 5. The van der Waals surface area contributed by atoms with Gasteiger partial charge in [-0.1, -0.05) is 75.6 Å². The van der Waals surface area contributed by atoms with Crippen LogP contribution < -0.4 is 0 Å². The van der Waals surface area contributed by atoms with Crippen LogP contribution in [0.4, 0.5) is 0 Å². The number of rotatable bonds is 8. The summed E-state index contributed by atoms with van der Waals surface area (Å²) in [7, 11) is 4.22. The van der Waals surface area contributed by atoms with Crippen LogP contribution in [-0.2, 0) is 0 Å². The second-order valence-corrected chi connectivity index (χ2v) is 7.84. The molecule has 142 valence electrons. The van der Waals surface area contributed by atoms with Crippen molar-refractivity contribution in [3.8, 4) is 0 Å². The van der Waals surface area contributed by atoms with Crippen LogP contribution in [0.15, 0.2) is 48.6 Å². The van der Waals surface area contributed by atoms with E-state index in [1.165, 1.54) is 19.3 Å². The second kappa shape index (κ2) is 11.5. The molecule has 3 unspecified atom stereocenters. The van der Waals surface area contributed by atoms with Crippen LogP contribution in [0, 0.1) is 11.8 Å². The molecular weight excluding hydrogens is 306 g/mol. The van der Waals surface area contributed by atoms with Gasteiger partial charge in [0.05, 0.1) is 5.60 Å². The van der Waals surface area contributed by atoms with Crippen molar-refractivity contribution in [2.24, 2.45) is 11.8 Å². The lowest BCUT2D eigenvalue weighted by atomic mass is 9.72. The SMILES string of the molecule is C=C/C=C\C(=C/C(C)C/C=C/C)C1(O)CCCCCCC1CN(C)C. The Kier molecular flexibility index (Phi) is 10.1. The normalized spacial score (nSPS) is 27.6. The average molecular weight is 346 g/mol. The molecule has 0 aromatic heterocycles. The fraction of sp³-hybridized carbons (Fsp3) is 0.652. The van der Waals surface area contributed by atoms with Crippen molar-refractivity contribution in [3.05, 3.63) is 48.6 Å². The van der Waals surface area contributed by atoms with Gasteiger partial charge in [-0.05, 0) is 51.8 Å². The zero-order valence-electron chi connectivity index (χ0n) is 16.9. The highest BCUT2D eigenvalue weighted by atomic mass is 16.3. The van der Waals surface area contributed by atoms with Gasteiger partial charge in [-0.25, -0.2) is 0 Å². The standard InChI is InChI=1S/C23H39NO/c1-6-8-14-20(3)18-21(15-9-7-2)23(25)17-13-11-10-12-16-22(23)19-24(4)5/h6-9,15,18,20,22,25H,2,10-14,16-17,19H2,1,3-5H3/b8-6+,15-9-,21-18+. The van der Waals surface area contributed by atoms with Crippen LogP contribution in [0.5, 0.6) is 0 Å². The Hall–Kier alpha value is -1.12. The molecule has 1 aliphatic rings. The highest BCUT2D eigenvalue weighted by Gasteiger charge is 2.39. The smallest absolute Gasteiger partial charge is 0.0933 e. The van der Waals surface area contributed by atoms with E-state index >= 15 is 0 Å². The lowest BCUT2D eigenvalue weighted by Crippen LogP contribution is -2.45. The zero-order valence-corrected chi connectivity index (χ0v) is 16.9. The Balaban J connectivity index is 3.22. The largest absolute Gasteiger partial charge is 0.385 e. The van der Waals surface area contributed by atoms with E-state index in [-0.39, 0.29) is 5.92 Å². The van der Waals surface area contributed by atoms with Gasteiger partial charge in [0.1, 0.15) is 0 Å². The third kappa shape index (κ3) is 7.33. The maximum Gasteiger partial charge on any atom is 0.0933 e. The molecule has 0 aromatic rings. The van der Waals surface area contributed by atoms with E-state index in [0.717, 1.165) is 37.8 Å². The molecule has 2 heteroatoms. The van der Waals surface area contributed by atoms with Crippen molar-refractivity contribution in [2.75, 3.05) is 20.6 Å². The highest BCUT2D eigenvalue weighted by molar-refractivity contribution is 5.32. The molecule has 0 bridgehead atoms. The van der Waals surface area contributed by atoms with Crippen molar-refractivity contribution < 1.29 is 5.11 Å². The minimum absolute atomic E-state index is 0.275. The maximum absolute atomic E-state index is 11.8. The predicted molar refractivity (Wildman–Crippen MR) is 111 cm³/mol. The second-order valence-electron chi connectivity index (χ2n) is 7.84. The van der Waals surface area contributed by atoms with Gasteiger partial charge in [-0.15, -0.1) is 0 Å². The Labute approximate surface area is 156 Å². The number of hydrogen-bond donors (Lipinski definition) is 1. The fourth-order valence-corrected chi connectivity index (χ4v) is 3.89. The highest BCUT2D eigenvalue weighted by Crippen LogP contribution is 2.39. The Morgan fingerprint density at radius 3 is 2.64 bits per heavy atom. The number of aliphatic hydroxyl groups is 1. The van der Waals surface area contributed by atoms with Crippen LogP contribution in [0.25, 0.3) is 0 Å². The zero-order chi connectivity index (χ0) is 18.7. The van der Waals surface area contributed by atoms with Crippen molar-refractivity contribution in [3.63, 3.8) is 0 Å². The van der Waals surface area contributed by atoms with Crippen LogP contribution in [0.1, 0.15) is 58.8 Å². The summed E-state index contributed by atoms with van der Waals surface area (Å²) in [5, 5.41) is 11.8. The van der Waals surface area contributed by atoms with Gasteiger partial charge in [-0.3, -0.25) is 0 Å². The molecule has 2 nitrogen and oxygen atoms in total. The fourth-order valence-electron chi connectivity index (χ4n) is 3.89. The summed E-state index contributed by atoms with van der Waals surface area (Å²) < 4.78 is 0. The third-order valence-corrected chi connectivity index (χ3v) is 5.24. The molecular formula is C23H39NO. The monoisotopic (exact) mass is 345 g/mol. The van der Waals surface area contributed by atoms with Crippen LogP contribution in [-0.4, -0.2) is 36.2 Å². The van der Waals surface area contributed by atoms with Gasteiger partial charge in [0.25, 0.3) is 0 Å². The van der Waals surface area contributed by atoms with Gasteiger partial charge in [0.2, 0.25) is 0 Å². The number of hydrogen-bond acceptors (Lipinski definition) is 2. The van der Waals surface area contributed by atoms with Crippen molar-refractivity contribution in [2.45, 2.75) is 64.4 Å². The molecule has 1 fully saturated rings. The quantitative estimate of drug-likeness (QED) is 0.462. The van der Waals surface area contributed by atoms with Crippen LogP contribution in [0.2, 0.25) is 0 Å². The first-order chi connectivity index (χ1) is 11.9. The summed E-state index contributed by atoms with van der Waals surface area (Å²) in [6, 6.07) is 0. The van der Waals surface area contributed by atoms with Gasteiger partial charge in [0.15, 0.2) is 0 Å². The molecule has 3 atom stereocenters. The van der Waals surface area contributed by atoms with Crippen molar-refractivity contribution >= 4 is 0 Å². The molecule has 0 saturated heterocycles. The summed E-state index contributed by atoms with van der Waals surface area (Å²) in [5.41, 5.74) is 0.340. The van der Waals surface area contributed by atoms with E-state index < -0.39 is 5.60 Å². The van der Waals surface area contributed by atoms with Crippen molar-refractivity contribution in [1.29, 1.82) is 0 Å². The predicted octanol–water partition coefficient (Wildman–Crippen LogP) is 5.52. The third-order valence-electron chi connectivity index (χ3n) is 5.24. The van der Waals surface area contributed by atoms with Gasteiger partial charge >= 0.3 is 0 Å². The van der Waals surface area contributed by atoms with Crippen molar-refractivity contribution in [1.82, 2.24) is 4.90 Å². The van der Waals surface area contributed by atoms with Gasteiger partial charge < -0.3 is 10.0 Å². The molecule has 1 rings (SSSR count). The van der Waals surface area contributed by atoms with E-state index in [2.05, 4.69) is 63.7 Å². The van der Waals surface area contributed by atoms with E-state index in [4.69, 9.17) is 0 Å². The van der Waals surface area contributed by atoms with E-state index in [1.807, 2.05) is 6.08 Å². The summed E-state index contributed by atoms with van der Waals surface area (Å²) in [6.07, 6.45) is 20.2. The lowest BCUT2D eigenvalue weighted by Gasteiger charge is -2.41. The van der Waals surface area contributed by atoms with Crippen LogP contribution in [0.3, 0.4) is 0 Å². The summed E-state index contributed by atoms with van der Waals surface area (Å²) in [4.78, 5) is 2.22. The summed E-state index contributed by atoms with van der Waals surface area (Å²) >= 11 is 0. The van der Waals surface area contributed by atoms with Crippen LogP contribution >= 0.6 is 0 Å². The van der Waals surface area contributed by atoms with E-state index in [0.29, 0.717) is 5.92 Å². The molecule has 0 aliphatic heterocycles. The average Bonchev–Trinajstić information content (AvgIpc) is 2.56. The van der Waals surface area contributed by atoms with Gasteiger partial charge in [0, 0.05) is 12.5 Å². The minimum Gasteiger partial charge on any atom is -0.385 e. The Bertz CT molecular complexity index is 474.